The maximum atomic E-state index is 12.3. The van der Waals surface area contributed by atoms with E-state index < -0.39 is 5.41 Å². The minimum absolute atomic E-state index is 0.146. The van der Waals surface area contributed by atoms with Crippen LogP contribution in [-0.2, 0) is 4.79 Å². The standard InChI is InChI=1S/C20H21N5OS/c21-11-15-18(23)25-19(16(12-22)20(15)9-5-2-6-10-20)27-13-17(26)24-14-7-3-1-4-8-14/h1,3-4,7-8,25H,2,5-6,9-10,13,23H2,(H,24,26). The molecule has 3 rings (SSSR count). The molecule has 1 aromatic carbocycles. The fraction of sp³-hybridized carbons (Fsp3) is 0.350. The summed E-state index contributed by atoms with van der Waals surface area (Å²) in [6.07, 6.45) is 4.48. The Hall–Kier alpha value is -2.90. The predicted octanol–water partition coefficient (Wildman–Crippen LogP) is 3.34. The van der Waals surface area contributed by atoms with Crippen LogP contribution in [0, 0.1) is 28.1 Å². The van der Waals surface area contributed by atoms with Crippen molar-refractivity contribution in [1.82, 2.24) is 5.32 Å². The second kappa shape index (κ2) is 8.20. The Kier molecular flexibility index (Phi) is 5.73. The molecule has 1 fully saturated rings. The number of anilines is 1. The average molecular weight is 379 g/mol. The Bertz CT molecular complexity index is 870. The molecule has 0 atom stereocenters. The molecular formula is C20H21N5OS. The summed E-state index contributed by atoms with van der Waals surface area (Å²) in [5.41, 5.74) is 7.22. The highest BCUT2D eigenvalue weighted by Gasteiger charge is 2.45. The zero-order valence-electron chi connectivity index (χ0n) is 14.9. The first kappa shape index (κ1) is 18.9. The quantitative estimate of drug-likeness (QED) is 0.739. The number of carbonyl (C=O) groups excluding carboxylic acids is 1. The van der Waals surface area contributed by atoms with Crippen LogP contribution in [0.1, 0.15) is 32.1 Å². The van der Waals surface area contributed by atoms with Gasteiger partial charge in [-0.3, -0.25) is 4.79 Å². The van der Waals surface area contributed by atoms with Gasteiger partial charge in [0, 0.05) is 11.1 Å². The maximum absolute atomic E-state index is 12.3. The van der Waals surface area contributed by atoms with Crippen molar-refractivity contribution in [2.75, 3.05) is 11.1 Å². The maximum Gasteiger partial charge on any atom is 0.234 e. The zero-order valence-corrected chi connectivity index (χ0v) is 15.7. The smallest absolute Gasteiger partial charge is 0.234 e. The van der Waals surface area contributed by atoms with Crippen molar-refractivity contribution < 1.29 is 4.79 Å². The van der Waals surface area contributed by atoms with Crippen molar-refractivity contribution in [2.45, 2.75) is 32.1 Å². The molecule has 4 N–H and O–H groups in total. The number of dihydropyridines is 1. The number of hydrogen-bond donors (Lipinski definition) is 3. The van der Waals surface area contributed by atoms with Gasteiger partial charge in [0.05, 0.1) is 34.1 Å². The van der Waals surface area contributed by atoms with Crippen molar-refractivity contribution in [3.63, 3.8) is 0 Å². The normalized spacial score (nSPS) is 18.4. The third-order valence-electron chi connectivity index (χ3n) is 5.04. The number of nitriles is 2. The SMILES string of the molecule is N#CC1=C(N)NC(SCC(=O)Nc2ccccc2)=C(C#N)C12CCCCC2. The second-order valence-corrected chi connectivity index (χ2v) is 7.67. The van der Waals surface area contributed by atoms with Crippen LogP contribution >= 0.6 is 11.8 Å². The number of nitrogens with one attached hydrogen (secondary N) is 2. The lowest BCUT2D eigenvalue weighted by Gasteiger charge is -2.40. The van der Waals surface area contributed by atoms with Gasteiger partial charge >= 0.3 is 0 Å². The Morgan fingerprint density at radius 2 is 1.81 bits per heavy atom. The van der Waals surface area contributed by atoms with Gasteiger partial charge in [0.15, 0.2) is 0 Å². The van der Waals surface area contributed by atoms with Crippen molar-refractivity contribution in [3.05, 3.63) is 52.3 Å². The van der Waals surface area contributed by atoms with E-state index in [2.05, 4.69) is 22.8 Å². The van der Waals surface area contributed by atoms with Gasteiger partial charge in [-0.2, -0.15) is 10.5 Å². The van der Waals surface area contributed by atoms with Crippen LogP contribution in [0.25, 0.3) is 0 Å². The summed E-state index contributed by atoms with van der Waals surface area (Å²) in [7, 11) is 0. The number of nitrogens with zero attached hydrogens (tertiary/aromatic N) is 2. The van der Waals surface area contributed by atoms with Gasteiger partial charge in [-0.15, -0.1) is 0 Å². The molecule has 0 radical (unpaired) electrons. The molecule has 138 valence electrons. The van der Waals surface area contributed by atoms with Gasteiger partial charge in [-0.05, 0) is 25.0 Å². The van der Waals surface area contributed by atoms with Gasteiger partial charge in [-0.25, -0.2) is 0 Å². The first-order chi connectivity index (χ1) is 13.1. The number of para-hydroxylation sites is 1. The van der Waals surface area contributed by atoms with Crippen LogP contribution in [0.4, 0.5) is 5.69 Å². The average Bonchev–Trinajstić information content (AvgIpc) is 2.68. The van der Waals surface area contributed by atoms with Crippen LogP contribution < -0.4 is 16.4 Å². The summed E-state index contributed by atoms with van der Waals surface area (Å²) in [5.74, 6) is 0.279. The van der Waals surface area contributed by atoms with Gasteiger partial charge in [0.2, 0.25) is 5.91 Å². The number of rotatable bonds is 4. The van der Waals surface area contributed by atoms with Crippen LogP contribution in [0.5, 0.6) is 0 Å². The molecule has 0 aromatic heterocycles. The molecule has 1 aliphatic heterocycles. The van der Waals surface area contributed by atoms with Crippen LogP contribution in [0.3, 0.4) is 0 Å². The third kappa shape index (κ3) is 3.79. The van der Waals surface area contributed by atoms with E-state index in [0.29, 0.717) is 22.0 Å². The molecule has 1 saturated carbocycles. The minimum atomic E-state index is -0.616. The number of nitrogens with two attached hydrogens (primary N) is 1. The van der Waals surface area contributed by atoms with E-state index in [0.717, 1.165) is 37.8 Å². The molecule has 0 saturated heterocycles. The summed E-state index contributed by atoms with van der Waals surface area (Å²) >= 11 is 1.25. The van der Waals surface area contributed by atoms with E-state index in [1.54, 1.807) is 0 Å². The molecule has 6 nitrogen and oxygen atoms in total. The van der Waals surface area contributed by atoms with E-state index >= 15 is 0 Å². The highest BCUT2D eigenvalue weighted by atomic mass is 32.2. The largest absolute Gasteiger partial charge is 0.384 e. The second-order valence-electron chi connectivity index (χ2n) is 6.69. The molecule has 1 aliphatic carbocycles. The first-order valence-corrected chi connectivity index (χ1v) is 9.89. The fourth-order valence-corrected chi connectivity index (χ4v) is 4.71. The molecular weight excluding hydrogens is 358 g/mol. The van der Waals surface area contributed by atoms with Crippen molar-refractivity contribution in [3.8, 4) is 12.1 Å². The first-order valence-electron chi connectivity index (χ1n) is 8.90. The third-order valence-corrected chi connectivity index (χ3v) is 6.04. The van der Waals surface area contributed by atoms with E-state index in [1.807, 2.05) is 30.3 Å². The Morgan fingerprint density at radius 3 is 2.44 bits per heavy atom. The lowest BCUT2D eigenvalue weighted by atomic mass is 9.64. The number of benzene rings is 1. The zero-order chi connectivity index (χ0) is 19.3. The van der Waals surface area contributed by atoms with Crippen molar-refractivity contribution in [1.29, 1.82) is 10.5 Å². The lowest BCUT2D eigenvalue weighted by molar-refractivity contribution is -0.113. The van der Waals surface area contributed by atoms with Gasteiger partial charge < -0.3 is 16.4 Å². The number of hydrogen-bond acceptors (Lipinski definition) is 6. The predicted molar refractivity (Wildman–Crippen MR) is 106 cm³/mol. The Balaban J connectivity index is 1.80. The topological polar surface area (TPSA) is 115 Å². The highest BCUT2D eigenvalue weighted by molar-refractivity contribution is 8.03. The molecule has 0 bridgehead atoms. The number of thioether (sulfide) groups is 1. The van der Waals surface area contributed by atoms with Crippen LogP contribution in [-0.4, -0.2) is 11.7 Å². The number of amides is 1. The molecule has 7 heteroatoms. The fourth-order valence-electron chi connectivity index (χ4n) is 3.79. The number of carbonyl (C=O) groups is 1. The summed E-state index contributed by atoms with van der Waals surface area (Å²) in [6.45, 7) is 0. The molecule has 0 unspecified atom stereocenters. The number of allylic oxidation sites excluding steroid dienone is 2. The summed E-state index contributed by atoms with van der Waals surface area (Å²) in [4.78, 5) is 12.3. The summed E-state index contributed by atoms with van der Waals surface area (Å²) < 4.78 is 0. The molecule has 2 aliphatic rings. The van der Waals surface area contributed by atoms with Crippen molar-refractivity contribution >= 4 is 23.4 Å². The minimum Gasteiger partial charge on any atom is -0.384 e. The van der Waals surface area contributed by atoms with Crippen molar-refractivity contribution in [2.24, 2.45) is 11.1 Å². The summed E-state index contributed by atoms with van der Waals surface area (Å²) in [6, 6.07) is 13.7. The van der Waals surface area contributed by atoms with Gasteiger partial charge in [0.1, 0.15) is 5.82 Å². The molecule has 1 aromatic rings. The molecule has 1 heterocycles. The highest BCUT2D eigenvalue weighted by Crippen LogP contribution is 2.51. The van der Waals surface area contributed by atoms with Gasteiger partial charge in [0.25, 0.3) is 0 Å². The van der Waals surface area contributed by atoms with Gasteiger partial charge in [-0.1, -0.05) is 49.2 Å². The Labute approximate surface area is 163 Å². The molecule has 1 spiro atoms. The van der Waals surface area contributed by atoms with E-state index in [-0.39, 0.29) is 11.7 Å². The summed E-state index contributed by atoms with van der Waals surface area (Å²) in [5, 5.41) is 25.9. The van der Waals surface area contributed by atoms with E-state index in [1.165, 1.54) is 11.8 Å². The Morgan fingerprint density at radius 1 is 1.15 bits per heavy atom. The van der Waals surface area contributed by atoms with Crippen LogP contribution in [0.2, 0.25) is 0 Å². The lowest BCUT2D eigenvalue weighted by Crippen LogP contribution is -2.39. The molecule has 1 amide bonds. The van der Waals surface area contributed by atoms with E-state index in [4.69, 9.17) is 5.73 Å². The monoisotopic (exact) mass is 379 g/mol. The van der Waals surface area contributed by atoms with E-state index in [9.17, 15) is 15.3 Å². The van der Waals surface area contributed by atoms with Crippen LogP contribution in [0.15, 0.2) is 52.3 Å². The molecule has 27 heavy (non-hydrogen) atoms.